The van der Waals surface area contributed by atoms with Crippen LogP contribution in [0, 0.1) is 0 Å². The summed E-state index contributed by atoms with van der Waals surface area (Å²) >= 11 is 0. The molecule has 1 aromatic carbocycles. The average Bonchev–Trinajstić information content (AvgIpc) is 2.38. The molecule has 0 aromatic heterocycles. The molecule has 0 saturated carbocycles. The molecule has 0 bridgehead atoms. The standard InChI is InChI=1S/C14H21NO3/c1-3-14(13(16)17,15-9-10-18-2)11-12-7-5-4-6-8-12/h4-8,15H,3,9-11H2,1-2H3,(H,16,17). The molecule has 2 N–H and O–H groups in total. The van der Waals surface area contributed by atoms with Gasteiger partial charge < -0.3 is 9.84 Å². The molecular formula is C14H21NO3. The molecule has 4 heteroatoms. The zero-order valence-electron chi connectivity index (χ0n) is 11.0. The van der Waals surface area contributed by atoms with Crippen molar-refractivity contribution in [3.8, 4) is 0 Å². The van der Waals surface area contributed by atoms with E-state index in [1.807, 2.05) is 37.3 Å². The largest absolute Gasteiger partial charge is 0.480 e. The highest BCUT2D eigenvalue weighted by atomic mass is 16.5. The average molecular weight is 251 g/mol. The molecule has 0 spiro atoms. The van der Waals surface area contributed by atoms with Crippen LogP contribution in [0.15, 0.2) is 30.3 Å². The Kier molecular flexibility index (Phi) is 5.82. The van der Waals surface area contributed by atoms with E-state index in [-0.39, 0.29) is 0 Å². The maximum atomic E-state index is 11.5. The highest BCUT2D eigenvalue weighted by Crippen LogP contribution is 2.18. The fourth-order valence-corrected chi connectivity index (χ4v) is 1.95. The monoisotopic (exact) mass is 251 g/mol. The normalized spacial score (nSPS) is 14.1. The molecule has 0 fully saturated rings. The highest BCUT2D eigenvalue weighted by Gasteiger charge is 2.36. The van der Waals surface area contributed by atoms with Crippen molar-refractivity contribution < 1.29 is 14.6 Å². The first-order valence-corrected chi connectivity index (χ1v) is 6.16. The summed E-state index contributed by atoms with van der Waals surface area (Å²) in [6.07, 6.45) is 1.00. The molecule has 0 saturated heterocycles. The predicted octanol–water partition coefficient (Wildman–Crippen LogP) is 1.70. The van der Waals surface area contributed by atoms with Gasteiger partial charge in [0.05, 0.1) is 6.61 Å². The van der Waals surface area contributed by atoms with Crippen molar-refractivity contribution in [1.29, 1.82) is 0 Å². The summed E-state index contributed by atoms with van der Waals surface area (Å²) in [5, 5.41) is 12.6. The molecular weight excluding hydrogens is 230 g/mol. The van der Waals surface area contributed by atoms with Gasteiger partial charge in [-0.05, 0) is 12.0 Å². The molecule has 0 aliphatic heterocycles. The zero-order chi connectivity index (χ0) is 13.4. The van der Waals surface area contributed by atoms with Crippen LogP contribution in [0.2, 0.25) is 0 Å². The van der Waals surface area contributed by atoms with Crippen LogP contribution < -0.4 is 5.32 Å². The number of carbonyl (C=O) groups is 1. The molecule has 1 aromatic rings. The maximum absolute atomic E-state index is 11.5. The Morgan fingerprint density at radius 3 is 2.56 bits per heavy atom. The van der Waals surface area contributed by atoms with Crippen molar-refractivity contribution in [2.45, 2.75) is 25.3 Å². The van der Waals surface area contributed by atoms with Gasteiger partial charge in [0.15, 0.2) is 0 Å². The summed E-state index contributed by atoms with van der Waals surface area (Å²) in [6, 6.07) is 9.67. The fourth-order valence-electron chi connectivity index (χ4n) is 1.95. The van der Waals surface area contributed by atoms with Gasteiger partial charge in [0.1, 0.15) is 5.54 Å². The molecule has 0 radical (unpaired) electrons. The molecule has 0 aliphatic carbocycles. The third-order valence-corrected chi connectivity index (χ3v) is 3.13. The minimum atomic E-state index is -0.917. The number of rotatable bonds is 8. The number of hydrogen-bond donors (Lipinski definition) is 2. The summed E-state index contributed by atoms with van der Waals surface area (Å²) in [5.74, 6) is -0.815. The second-order valence-electron chi connectivity index (χ2n) is 4.32. The molecule has 1 rings (SSSR count). The lowest BCUT2D eigenvalue weighted by molar-refractivity contribution is -0.145. The van der Waals surface area contributed by atoms with Crippen LogP contribution in [0.4, 0.5) is 0 Å². The van der Waals surface area contributed by atoms with E-state index in [0.717, 1.165) is 5.56 Å². The Labute approximate surface area is 108 Å². The number of aliphatic carboxylic acids is 1. The Balaban J connectivity index is 2.79. The number of hydrogen-bond acceptors (Lipinski definition) is 3. The number of carboxylic acid groups (broad SMARTS) is 1. The second-order valence-corrected chi connectivity index (χ2v) is 4.32. The number of nitrogens with one attached hydrogen (secondary N) is 1. The third-order valence-electron chi connectivity index (χ3n) is 3.13. The lowest BCUT2D eigenvalue weighted by Crippen LogP contribution is -2.54. The summed E-state index contributed by atoms with van der Waals surface area (Å²) < 4.78 is 4.96. The van der Waals surface area contributed by atoms with E-state index in [9.17, 15) is 9.90 Å². The number of carboxylic acids is 1. The van der Waals surface area contributed by atoms with Crippen LogP contribution in [-0.2, 0) is 16.0 Å². The quantitative estimate of drug-likeness (QED) is 0.690. The summed E-state index contributed by atoms with van der Waals surface area (Å²) in [7, 11) is 1.60. The SMILES string of the molecule is CCC(Cc1ccccc1)(NCCOC)C(=O)O. The Bertz CT molecular complexity index is 367. The Morgan fingerprint density at radius 1 is 1.39 bits per heavy atom. The van der Waals surface area contributed by atoms with Crippen molar-refractivity contribution in [2.24, 2.45) is 0 Å². The molecule has 0 amide bonds. The lowest BCUT2D eigenvalue weighted by atomic mass is 9.88. The van der Waals surface area contributed by atoms with Crippen molar-refractivity contribution in [2.75, 3.05) is 20.3 Å². The van der Waals surface area contributed by atoms with E-state index in [2.05, 4.69) is 5.32 Å². The number of methoxy groups -OCH3 is 1. The molecule has 18 heavy (non-hydrogen) atoms. The van der Waals surface area contributed by atoms with E-state index in [1.54, 1.807) is 7.11 Å². The lowest BCUT2D eigenvalue weighted by Gasteiger charge is -2.29. The van der Waals surface area contributed by atoms with Crippen LogP contribution >= 0.6 is 0 Å². The topological polar surface area (TPSA) is 58.6 Å². The zero-order valence-corrected chi connectivity index (χ0v) is 11.0. The van der Waals surface area contributed by atoms with Crippen LogP contribution in [0.3, 0.4) is 0 Å². The van der Waals surface area contributed by atoms with Crippen molar-refractivity contribution in [3.05, 3.63) is 35.9 Å². The Morgan fingerprint density at radius 2 is 2.06 bits per heavy atom. The smallest absolute Gasteiger partial charge is 0.324 e. The van der Waals surface area contributed by atoms with E-state index >= 15 is 0 Å². The third kappa shape index (κ3) is 3.82. The van der Waals surface area contributed by atoms with Gasteiger partial charge in [-0.1, -0.05) is 37.3 Å². The molecule has 1 atom stereocenters. The van der Waals surface area contributed by atoms with Gasteiger partial charge in [-0.2, -0.15) is 0 Å². The fraction of sp³-hybridized carbons (Fsp3) is 0.500. The van der Waals surface area contributed by atoms with Crippen LogP contribution in [0.25, 0.3) is 0 Å². The predicted molar refractivity (Wildman–Crippen MR) is 70.7 cm³/mol. The first-order chi connectivity index (χ1) is 8.64. The minimum Gasteiger partial charge on any atom is -0.480 e. The van der Waals surface area contributed by atoms with Gasteiger partial charge >= 0.3 is 5.97 Å². The van der Waals surface area contributed by atoms with Crippen LogP contribution in [0.1, 0.15) is 18.9 Å². The maximum Gasteiger partial charge on any atom is 0.324 e. The number of ether oxygens (including phenoxy) is 1. The van der Waals surface area contributed by atoms with E-state index in [1.165, 1.54) is 0 Å². The Hall–Kier alpha value is -1.39. The van der Waals surface area contributed by atoms with E-state index in [4.69, 9.17) is 4.74 Å². The molecule has 1 unspecified atom stereocenters. The van der Waals surface area contributed by atoms with Gasteiger partial charge in [-0.3, -0.25) is 10.1 Å². The second kappa shape index (κ2) is 7.13. The summed E-state index contributed by atoms with van der Waals surface area (Å²) in [6.45, 7) is 2.92. The highest BCUT2D eigenvalue weighted by molar-refractivity contribution is 5.79. The van der Waals surface area contributed by atoms with Gasteiger partial charge in [0.2, 0.25) is 0 Å². The van der Waals surface area contributed by atoms with Crippen molar-refractivity contribution >= 4 is 5.97 Å². The van der Waals surface area contributed by atoms with Crippen molar-refractivity contribution in [1.82, 2.24) is 5.32 Å². The van der Waals surface area contributed by atoms with E-state index < -0.39 is 11.5 Å². The van der Waals surface area contributed by atoms with E-state index in [0.29, 0.717) is 26.0 Å². The first kappa shape index (κ1) is 14.7. The molecule has 100 valence electrons. The molecule has 4 nitrogen and oxygen atoms in total. The number of benzene rings is 1. The van der Waals surface area contributed by atoms with Gasteiger partial charge in [0.25, 0.3) is 0 Å². The molecule has 0 heterocycles. The summed E-state index contributed by atoms with van der Waals surface area (Å²) in [4.78, 5) is 11.5. The minimum absolute atomic E-state index is 0.476. The van der Waals surface area contributed by atoms with Crippen LogP contribution in [-0.4, -0.2) is 36.9 Å². The first-order valence-electron chi connectivity index (χ1n) is 6.16. The summed E-state index contributed by atoms with van der Waals surface area (Å²) in [5.41, 5.74) is 0.103. The van der Waals surface area contributed by atoms with Crippen LogP contribution in [0.5, 0.6) is 0 Å². The van der Waals surface area contributed by atoms with Gasteiger partial charge in [-0.15, -0.1) is 0 Å². The van der Waals surface area contributed by atoms with Crippen molar-refractivity contribution in [3.63, 3.8) is 0 Å². The van der Waals surface area contributed by atoms with Gasteiger partial charge in [-0.25, -0.2) is 0 Å². The van der Waals surface area contributed by atoms with Gasteiger partial charge in [0, 0.05) is 20.1 Å². The molecule has 0 aliphatic rings.